The van der Waals surface area contributed by atoms with Gasteiger partial charge in [0.25, 0.3) is 0 Å². The van der Waals surface area contributed by atoms with Crippen LogP contribution in [0.2, 0.25) is 10.0 Å². The monoisotopic (exact) mass is 388 g/mol. The lowest BCUT2D eigenvalue weighted by molar-refractivity contribution is -0.00000697. The second kappa shape index (κ2) is 10.8. The van der Waals surface area contributed by atoms with E-state index in [0.29, 0.717) is 22.3 Å². The highest BCUT2D eigenvalue weighted by atomic mass is 35.5. The van der Waals surface area contributed by atoms with E-state index in [1.54, 1.807) is 18.2 Å². The highest BCUT2D eigenvalue weighted by Crippen LogP contribution is 2.27. The van der Waals surface area contributed by atoms with Crippen molar-refractivity contribution in [2.75, 3.05) is 19.7 Å². The van der Waals surface area contributed by atoms with Crippen LogP contribution in [0.25, 0.3) is 0 Å². The van der Waals surface area contributed by atoms with Crippen molar-refractivity contribution in [1.82, 2.24) is 4.90 Å². The van der Waals surface area contributed by atoms with Crippen LogP contribution in [0.3, 0.4) is 0 Å². The summed E-state index contributed by atoms with van der Waals surface area (Å²) in [5.74, 6) is 0.529. The molecule has 1 atom stereocenters. The molecule has 0 heterocycles. The van der Waals surface area contributed by atoms with E-state index in [2.05, 4.69) is 24.0 Å². The van der Waals surface area contributed by atoms with Gasteiger partial charge in [-0.25, -0.2) is 0 Å². The van der Waals surface area contributed by atoms with Gasteiger partial charge in [-0.3, -0.25) is 4.90 Å². The maximum atomic E-state index is 10.2. The predicted molar refractivity (Wildman–Crippen MR) is 95.4 cm³/mol. The summed E-state index contributed by atoms with van der Waals surface area (Å²) < 4.78 is 5.58. The van der Waals surface area contributed by atoms with Crippen molar-refractivity contribution < 1.29 is 22.3 Å². The van der Waals surface area contributed by atoms with Gasteiger partial charge < -0.3 is 22.3 Å². The van der Waals surface area contributed by atoms with Crippen molar-refractivity contribution in [2.24, 2.45) is 0 Å². The molecule has 2 aromatic rings. The number of nitrogens with zero attached hydrogens (tertiary/aromatic N) is 1. The number of ether oxygens (including phenoxy) is 1. The lowest BCUT2D eigenvalue weighted by Crippen LogP contribution is -3.00. The first kappa shape index (κ1) is 21.1. The molecule has 6 heteroatoms. The van der Waals surface area contributed by atoms with E-state index in [-0.39, 0.29) is 19.0 Å². The maximum Gasteiger partial charge on any atom is 0.138 e. The first-order valence-corrected chi connectivity index (χ1v) is 8.36. The van der Waals surface area contributed by atoms with Gasteiger partial charge in [0.2, 0.25) is 0 Å². The van der Waals surface area contributed by atoms with Crippen molar-refractivity contribution in [3.8, 4) is 5.75 Å². The van der Waals surface area contributed by atoms with Crippen molar-refractivity contribution >= 4 is 23.2 Å². The molecule has 24 heavy (non-hydrogen) atoms. The van der Waals surface area contributed by atoms with Crippen LogP contribution in [0.4, 0.5) is 0 Å². The summed E-state index contributed by atoms with van der Waals surface area (Å²) in [7, 11) is 0. The lowest BCUT2D eigenvalue weighted by atomic mass is 10.2. The SMILES string of the molecule is CCN(Cc1ccccc1)CC(O)COc1ccc(Cl)cc1Cl.[Cl-]. The number of benzene rings is 2. The Labute approximate surface area is 159 Å². The van der Waals surface area contributed by atoms with Gasteiger partial charge in [-0.2, -0.15) is 0 Å². The van der Waals surface area contributed by atoms with Crippen LogP contribution in [-0.4, -0.2) is 35.8 Å². The molecule has 0 aliphatic rings. The second-order valence-corrected chi connectivity index (χ2v) is 6.20. The molecule has 0 saturated heterocycles. The van der Waals surface area contributed by atoms with E-state index >= 15 is 0 Å². The van der Waals surface area contributed by atoms with Crippen LogP contribution < -0.4 is 17.1 Å². The molecule has 3 nitrogen and oxygen atoms in total. The molecule has 0 amide bonds. The maximum absolute atomic E-state index is 10.2. The Morgan fingerprint density at radius 2 is 1.83 bits per heavy atom. The third-order valence-electron chi connectivity index (χ3n) is 3.49. The van der Waals surface area contributed by atoms with Crippen LogP contribution in [0.5, 0.6) is 5.75 Å². The van der Waals surface area contributed by atoms with Gasteiger partial charge in [0.1, 0.15) is 18.5 Å². The Hall–Kier alpha value is -0.970. The molecule has 1 unspecified atom stereocenters. The van der Waals surface area contributed by atoms with Crippen LogP contribution >= 0.6 is 23.2 Å². The van der Waals surface area contributed by atoms with Crippen molar-refractivity contribution in [3.05, 3.63) is 64.1 Å². The lowest BCUT2D eigenvalue weighted by Gasteiger charge is -2.24. The summed E-state index contributed by atoms with van der Waals surface area (Å²) in [6.45, 7) is 4.46. The molecule has 0 fully saturated rings. The van der Waals surface area contributed by atoms with Gasteiger partial charge in [-0.1, -0.05) is 60.5 Å². The fraction of sp³-hybridized carbons (Fsp3) is 0.333. The third kappa shape index (κ3) is 6.88. The molecular weight excluding hydrogens is 369 g/mol. The average molecular weight is 390 g/mol. The van der Waals surface area contributed by atoms with Gasteiger partial charge in [0, 0.05) is 18.1 Å². The molecule has 132 valence electrons. The fourth-order valence-electron chi connectivity index (χ4n) is 2.28. The minimum absolute atomic E-state index is 0. The molecular formula is C18H21Cl3NO2-. The standard InChI is InChI=1S/C18H21Cl2NO2.ClH/c1-2-21(11-14-6-4-3-5-7-14)12-16(22)13-23-18-9-8-15(19)10-17(18)20;/h3-10,16,22H,2,11-13H2,1H3;1H/p-1. The zero-order chi connectivity index (χ0) is 16.7. The second-order valence-electron chi connectivity index (χ2n) is 5.35. The first-order chi connectivity index (χ1) is 11.1. The Morgan fingerprint density at radius 3 is 2.46 bits per heavy atom. The van der Waals surface area contributed by atoms with Gasteiger partial charge in [0.05, 0.1) is 5.02 Å². The Kier molecular flexibility index (Phi) is 9.49. The summed E-state index contributed by atoms with van der Waals surface area (Å²) in [6.07, 6.45) is -0.592. The molecule has 2 aromatic carbocycles. The minimum atomic E-state index is -0.592. The molecule has 1 N–H and O–H groups in total. The van der Waals surface area contributed by atoms with E-state index in [0.717, 1.165) is 13.1 Å². The normalized spacial score (nSPS) is 11.9. The van der Waals surface area contributed by atoms with Crippen molar-refractivity contribution in [3.63, 3.8) is 0 Å². The van der Waals surface area contributed by atoms with Gasteiger partial charge in [-0.05, 0) is 30.3 Å². The topological polar surface area (TPSA) is 32.7 Å². The van der Waals surface area contributed by atoms with Crippen molar-refractivity contribution in [2.45, 2.75) is 19.6 Å². The average Bonchev–Trinajstić information content (AvgIpc) is 2.54. The molecule has 0 aliphatic heterocycles. The smallest absolute Gasteiger partial charge is 0.138 e. The first-order valence-electron chi connectivity index (χ1n) is 7.60. The number of aliphatic hydroxyl groups excluding tert-OH is 1. The summed E-state index contributed by atoms with van der Waals surface area (Å²) >= 11 is 11.9. The quantitative estimate of drug-likeness (QED) is 0.738. The third-order valence-corrected chi connectivity index (χ3v) is 4.02. The largest absolute Gasteiger partial charge is 1.00 e. The van der Waals surface area contributed by atoms with Crippen LogP contribution in [0, 0.1) is 0 Å². The van der Waals surface area contributed by atoms with Gasteiger partial charge >= 0.3 is 0 Å². The van der Waals surface area contributed by atoms with E-state index < -0.39 is 6.10 Å². The number of hydrogen-bond acceptors (Lipinski definition) is 3. The van der Waals surface area contributed by atoms with Crippen molar-refractivity contribution in [1.29, 1.82) is 0 Å². The Bertz CT molecular complexity index is 610. The summed E-state index contributed by atoms with van der Waals surface area (Å²) in [6, 6.07) is 15.2. The minimum Gasteiger partial charge on any atom is -1.00 e. The number of rotatable bonds is 8. The zero-order valence-electron chi connectivity index (χ0n) is 13.5. The zero-order valence-corrected chi connectivity index (χ0v) is 15.7. The van der Waals surface area contributed by atoms with E-state index in [9.17, 15) is 5.11 Å². The summed E-state index contributed by atoms with van der Waals surface area (Å²) in [4.78, 5) is 2.17. The fourth-order valence-corrected chi connectivity index (χ4v) is 2.74. The highest BCUT2D eigenvalue weighted by molar-refractivity contribution is 6.35. The predicted octanol–water partition coefficient (Wildman–Crippen LogP) is 1.26. The number of likely N-dealkylation sites (N-methyl/N-ethyl adjacent to an activating group) is 1. The molecule has 0 saturated carbocycles. The molecule has 0 radical (unpaired) electrons. The number of hydrogen-bond donors (Lipinski definition) is 1. The molecule has 0 aliphatic carbocycles. The van der Waals surface area contributed by atoms with Crippen LogP contribution in [0.15, 0.2) is 48.5 Å². The van der Waals surface area contributed by atoms with Gasteiger partial charge in [0.15, 0.2) is 0 Å². The van der Waals surface area contributed by atoms with E-state index in [4.69, 9.17) is 27.9 Å². The van der Waals surface area contributed by atoms with Crippen LogP contribution in [-0.2, 0) is 6.54 Å². The summed E-state index contributed by atoms with van der Waals surface area (Å²) in [5.41, 5.74) is 1.23. The van der Waals surface area contributed by atoms with E-state index in [1.807, 2.05) is 18.2 Å². The van der Waals surface area contributed by atoms with Gasteiger partial charge in [-0.15, -0.1) is 0 Å². The Morgan fingerprint density at radius 1 is 1.12 bits per heavy atom. The molecule has 0 aromatic heterocycles. The number of halogens is 3. The van der Waals surface area contributed by atoms with E-state index in [1.165, 1.54) is 5.56 Å². The number of aliphatic hydroxyl groups is 1. The van der Waals surface area contributed by atoms with Crippen LogP contribution in [0.1, 0.15) is 12.5 Å². The molecule has 0 bridgehead atoms. The Balaban J connectivity index is 0.00000288. The molecule has 2 rings (SSSR count). The highest BCUT2D eigenvalue weighted by Gasteiger charge is 2.12. The summed E-state index contributed by atoms with van der Waals surface area (Å²) in [5, 5.41) is 11.2. The molecule has 0 spiro atoms.